The van der Waals surface area contributed by atoms with E-state index in [1.807, 2.05) is 30.3 Å². The second-order valence-corrected chi connectivity index (χ2v) is 4.76. The van der Waals surface area contributed by atoms with Crippen LogP contribution in [0.15, 0.2) is 30.3 Å². The predicted molar refractivity (Wildman–Crippen MR) is 78.8 cm³/mol. The fourth-order valence-corrected chi connectivity index (χ4v) is 2.01. The van der Waals surface area contributed by atoms with Gasteiger partial charge in [-0.15, -0.1) is 0 Å². The summed E-state index contributed by atoms with van der Waals surface area (Å²) in [5.41, 5.74) is 0. The van der Waals surface area contributed by atoms with E-state index >= 15 is 0 Å². The lowest BCUT2D eigenvalue weighted by Gasteiger charge is -2.15. The molecule has 1 amide bonds. The third-order valence-electron chi connectivity index (χ3n) is 2.56. The van der Waals surface area contributed by atoms with Crippen LogP contribution in [-0.2, 0) is 9.53 Å². The van der Waals surface area contributed by atoms with Crippen LogP contribution >= 0.6 is 15.9 Å². The van der Waals surface area contributed by atoms with Crippen LogP contribution in [0.4, 0.5) is 0 Å². The van der Waals surface area contributed by atoms with Crippen LogP contribution in [0.25, 0.3) is 0 Å². The van der Waals surface area contributed by atoms with Crippen molar-refractivity contribution in [2.24, 2.45) is 0 Å². The van der Waals surface area contributed by atoms with Gasteiger partial charge in [0.2, 0.25) is 5.91 Å². The number of benzene rings is 1. The van der Waals surface area contributed by atoms with Gasteiger partial charge in [0.25, 0.3) is 0 Å². The van der Waals surface area contributed by atoms with Gasteiger partial charge in [0.15, 0.2) is 0 Å². The first-order chi connectivity index (χ1) is 9.26. The normalized spacial score (nSPS) is 11.9. The van der Waals surface area contributed by atoms with Crippen molar-refractivity contribution in [1.29, 1.82) is 0 Å². The molecule has 1 rings (SSSR count). The van der Waals surface area contributed by atoms with Gasteiger partial charge in [0, 0.05) is 25.1 Å². The number of alkyl halides is 1. The number of nitrogens with one attached hydrogen (secondary N) is 1. The molecule has 0 saturated carbocycles. The smallest absolute Gasteiger partial charge is 0.223 e. The summed E-state index contributed by atoms with van der Waals surface area (Å²) in [6.07, 6.45) is 1.15. The minimum atomic E-state index is -0.00326. The summed E-state index contributed by atoms with van der Waals surface area (Å²) in [4.78, 5) is 11.7. The van der Waals surface area contributed by atoms with E-state index in [4.69, 9.17) is 9.47 Å². The molecular weight excluding hydrogens is 310 g/mol. The topological polar surface area (TPSA) is 47.6 Å². The zero-order chi connectivity index (χ0) is 13.9. The summed E-state index contributed by atoms with van der Waals surface area (Å²) in [6, 6.07) is 9.58. The van der Waals surface area contributed by atoms with Gasteiger partial charge in [-0.3, -0.25) is 4.79 Å². The Morgan fingerprint density at radius 1 is 1.32 bits per heavy atom. The van der Waals surface area contributed by atoms with E-state index in [9.17, 15) is 4.79 Å². The molecule has 1 aromatic rings. The van der Waals surface area contributed by atoms with Crippen molar-refractivity contribution >= 4 is 21.8 Å². The van der Waals surface area contributed by atoms with Gasteiger partial charge in [-0.1, -0.05) is 34.1 Å². The lowest BCUT2D eigenvalue weighted by atomic mass is 10.2. The Bertz CT molecular complexity index is 359. The SMILES string of the molecule is COCCC(CBr)NC(=O)CCOc1ccccc1. The zero-order valence-corrected chi connectivity index (χ0v) is 12.7. The van der Waals surface area contributed by atoms with Crippen LogP contribution in [-0.4, -0.2) is 37.6 Å². The largest absolute Gasteiger partial charge is 0.493 e. The van der Waals surface area contributed by atoms with Crippen molar-refractivity contribution in [3.63, 3.8) is 0 Å². The third kappa shape index (κ3) is 7.18. The van der Waals surface area contributed by atoms with Gasteiger partial charge in [-0.05, 0) is 18.6 Å². The lowest BCUT2D eigenvalue weighted by molar-refractivity contribution is -0.122. The summed E-state index contributed by atoms with van der Waals surface area (Å²) < 4.78 is 10.5. The quantitative estimate of drug-likeness (QED) is 0.707. The number of hydrogen-bond donors (Lipinski definition) is 1. The van der Waals surface area contributed by atoms with Crippen molar-refractivity contribution in [3.05, 3.63) is 30.3 Å². The maximum Gasteiger partial charge on any atom is 0.223 e. The molecule has 1 N–H and O–H groups in total. The Hall–Kier alpha value is -1.07. The second kappa shape index (κ2) is 9.81. The molecule has 0 bridgehead atoms. The Balaban J connectivity index is 2.19. The van der Waals surface area contributed by atoms with E-state index in [0.717, 1.165) is 17.5 Å². The molecule has 0 aromatic heterocycles. The van der Waals surface area contributed by atoms with Crippen LogP contribution in [0.3, 0.4) is 0 Å². The molecule has 1 unspecified atom stereocenters. The van der Waals surface area contributed by atoms with Gasteiger partial charge < -0.3 is 14.8 Å². The average Bonchev–Trinajstić information content (AvgIpc) is 2.44. The fraction of sp³-hybridized carbons (Fsp3) is 0.500. The Morgan fingerprint density at radius 2 is 2.05 bits per heavy atom. The van der Waals surface area contributed by atoms with E-state index in [1.165, 1.54) is 0 Å². The minimum absolute atomic E-state index is 0.00326. The highest BCUT2D eigenvalue weighted by Crippen LogP contribution is 2.08. The zero-order valence-electron chi connectivity index (χ0n) is 11.1. The van der Waals surface area contributed by atoms with Crippen LogP contribution in [0.2, 0.25) is 0 Å². The van der Waals surface area contributed by atoms with Crippen LogP contribution in [0, 0.1) is 0 Å². The first kappa shape index (κ1) is 16.0. The molecule has 0 heterocycles. The first-order valence-electron chi connectivity index (χ1n) is 6.28. The number of amides is 1. The van der Waals surface area contributed by atoms with Crippen molar-refractivity contribution in [3.8, 4) is 5.75 Å². The maximum absolute atomic E-state index is 11.7. The molecule has 1 aromatic carbocycles. The van der Waals surface area contributed by atoms with E-state index in [-0.39, 0.29) is 11.9 Å². The number of methoxy groups -OCH3 is 1. The number of rotatable bonds is 9. The van der Waals surface area contributed by atoms with Crippen molar-refractivity contribution in [1.82, 2.24) is 5.32 Å². The molecule has 1 atom stereocenters. The monoisotopic (exact) mass is 329 g/mol. The number of ether oxygens (including phenoxy) is 2. The van der Waals surface area contributed by atoms with E-state index in [1.54, 1.807) is 7.11 Å². The summed E-state index contributed by atoms with van der Waals surface area (Å²) in [7, 11) is 1.65. The molecule has 0 radical (unpaired) electrons. The summed E-state index contributed by atoms with van der Waals surface area (Å²) in [6.45, 7) is 1.02. The molecule has 0 saturated heterocycles. The number of hydrogen-bond acceptors (Lipinski definition) is 3. The molecule has 4 nitrogen and oxygen atoms in total. The molecule has 0 aliphatic carbocycles. The highest BCUT2D eigenvalue weighted by Gasteiger charge is 2.10. The maximum atomic E-state index is 11.7. The molecule has 0 aliphatic rings. The van der Waals surface area contributed by atoms with E-state index < -0.39 is 0 Å². The Kier molecular flexibility index (Phi) is 8.25. The molecule has 0 aliphatic heterocycles. The van der Waals surface area contributed by atoms with Gasteiger partial charge in [0.1, 0.15) is 5.75 Å². The van der Waals surface area contributed by atoms with Crippen molar-refractivity contribution < 1.29 is 14.3 Å². The van der Waals surface area contributed by atoms with E-state index in [0.29, 0.717) is 19.6 Å². The lowest BCUT2D eigenvalue weighted by Crippen LogP contribution is -2.37. The van der Waals surface area contributed by atoms with E-state index in [2.05, 4.69) is 21.2 Å². The highest BCUT2D eigenvalue weighted by atomic mass is 79.9. The summed E-state index contributed by atoms with van der Waals surface area (Å²) in [5.74, 6) is 0.781. The molecular formula is C14H20BrNO3. The third-order valence-corrected chi connectivity index (χ3v) is 3.34. The van der Waals surface area contributed by atoms with Gasteiger partial charge >= 0.3 is 0 Å². The molecule has 0 spiro atoms. The van der Waals surface area contributed by atoms with Crippen molar-refractivity contribution in [2.45, 2.75) is 18.9 Å². The average molecular weight is 330 g/mol. The van der Waals surface area contributed by atoms with Gasteiger partial charge in [-0.2, -0.15) is 0 Å². The number of carbonyl (C=O) groups excluding carboxylic acids is 1. The standard InChI is InChI=1S/C14H20BrNO3/c1-18-9-7-12(11-15)16-14(17)8-10-19-13-5-3-2-4-6-13/h2-6,12H,7-11H2,1H3,(H,16,17). The summed E-state index contributed by atoms with van der Waals surface area (Å²) >= 11 is 3.38. The molecule has 0 fully saturated rings. The van der Waals surface area contributed by atoms with Crippen LogP contribution < -0.4 is 10.1 Å². The molecule has 106 valence electrons. The number of para-hydroxylation sites is 1. The summed E-state index contributed by atoms with van der Waals surface area (Å²) in [5, 5.41) is 3.67. The minimum Gasteiger partial charge on any atom is -0.493 e. The van der Waals surface area contributed by atoms with Gasteiger partial charge in [-0.25, -0.2) is 0 Å². The Labute approximate surface area is 122 Å². The van der Waals surface area contributed by atoms with Crippen LogP contribution in [0.5, 0.6) is 5.75 Å². The second-order valence-electron chi connectivity index (χ2n) is 4.11. The molecule has 19 heavy (non-hydrogen) atoms. The first-order valence-corrected chi connectivity index (χ1v) is 7.40. The molecule has 5 heteroatoms. The predicted octanol–water partition coefficient (Wildman–Crippen LogP) is 2.37. The highest BCUT2D eigenvalue weighted by molar-refractivity contribution is 9.09. The fourth-order valence-electron chi connectivity index (χ4n) is 1.53. The number of halogens is 1. The van der Waals surface area contributed by atoms with Crippen LogP contribution in [0.1, 0.15) is 12.8 Å². The van der Waals surface area contributed by atoms with Gasteiger partial charge in [0.05, 0.1) is 13.0 Å². The Morgan fingerprint density at radius 3 is 2.68 bits per heavy atom. The van der Waals surface area contributed by atoms with Crippen molar-refractivity contribution in [2.75, 3.05) is 25.7 Å². The number of carbonyl (C=O) groups is 1.